The first-order chi connectivity index (χ1) is 16.4. The molecule has 1 atom stereocenters. The van der Waals surface area contributed by atoms with E-state index in [0.717, 1.165) is 57.4 Å². The first-order valence-electron chi connectivity index (χ1n) is 11.9. The fourth-order valence-corrected chi connectivity index (χ4v) is 4.71. The molecule has 2 aromatic carbocycles. The number of nitrogen functional groups attached to an aromatic ring is 1. The zero-order chi connectivity index (χ0) is 24.1. The number of carbonyl (C=O) groups is 2. The number of unbranched alkanes of at least 4 members (excludes halogenated alkanes) is 2. The highest BCUT2D eigenvalue weighted by Crippen LogP contribution is 2.39. The molecule has 4 N–H and O–H groups in total. The van der Waals surface area contributed by atoms with E-state index in [1.807, 2.05) is 35.2 Å². The molecule has 0 spiro atoms. The highest BCUT2D eigenvalue weighted by atomic mass is 16.5. The van der Waals surface area contributed by atoms with Gasteiger partial charge in [0, 0.05) is 17.7 Å². The number of carboxylic acid groups (broad SMARTS) is 1. The number of carbonyl (C=O) groups excluding carboxylic acids is 1. The topological polar surface area (TPSA) is 120 Å². The molecule has 8 heteroatoms. The number of fused-ring (bicyclic) bond motifs is 1. The number of nitrogens with one attached hydrogen (secondary N) is 1. The Morgan fingerprint density at radius 2 is 1.79 bits per heavy atom. The van der Waals surface area contributed by atoms with Crippen LogP contribution >= 0.6 is 0 Å². The molecule has 1 unspecified atom stereocenters. The Bertz CT molecular complexity index is 1050. The summed E-state index contributed by atoms with van der Waals surface area (Å²) in [6.45, 7) is 3.24. The number of aliphatic carboxylic acids is 1. The fourth-order valence-electron chi connectivity index (χ4n) is 4.71. The largest absolute Gasteiger partial charge is 0.481 e. The average Bonchev–Trinajstić information content (AvgIpc) is 2.85. The van der Waals surface area contributed by atoms with Crippen molar-refractivity contribution in [3.05, 3.63) is 59.7 Å². The van der Waals surface area contributed by atoms with Crippen LogP contribution in [-0.4, -0.2) is 53.9 Å². The van der Waals surface area contributed by atoms with Crippen LogP contribution in [0, 0.1) is 11.3 Å². The van der Waals surface area contributed by atoms with Crippen LogP contribution in [0.4, 0.5) is 5.69 Å². The van der Waals surface area contributed by atoms with E-state index in [9.17, 15) is 9.59 Å². The molecule has 0 aromatic heterocycles. The summed E-state index contributed by atoms with van der Waals surface area (Å²) in [6.07, 6.45) is 3.54. The Labute approximate surface area is 199 Å². The molecule has 34 heavy (non-hydrogen) atoms. The third-order valence-corrected chi connectivity index (χ3v) is 6.68. The fraction of sp³-hybridized carbons (Fsp3) is 0.423. The number of likely N-dealkylation sites (tertiary alicyclic amines) is 1. The van der Waals surface area contributed by atoms with Crippen LogP contribution in [0.2, 0.25) is 0 Å². The summed E-state index contributed by atoms with van der Waals surface area (Å²) in [5.74, 6) is -0.375. The summed E-state index contributed by atoms with van der Waals surface area (Å²) in [6, 6.07) is 14.7. The van der Waals surface area contributed by atoms with Crippen molar-refractivity contribution >= 4 is 23.4 Å². The van der Waals surface area contributed by atoms with Gasteiger partial charge in [0.1, 0.15) is 11.6 Å². The summed E-state index contributed by atoms with van der Waals surface area (Å²) >= 11 is 0. The highest BCUT2D eigenvalue weighted by Gasteiger charge is 2.35. The van der Waals surface area contributed by atoms with Gasteiger partial charge in [0.2, 0.25) is 6.10 Å². The van der Waals surface area contributed by atoms with Gasteiger partial charge in [-0.15, -0.1) is 0 Å². The van der Waals surface area contributed by atoms with Crippen LogP contribution in [0.1, 0.15) is 49.3 Å². The van der Waals surface area contributed by atoms with Gasteiger partial charge in [0.15, 0.2) is 0 Å². The van der Waals surface area contributed by atoms with E-state index in [4.69, 9.17) is 21.0 Å². The standard InChI is InChI=1S/C26H32N4O4/c27-24(28)20-8-6-7-19(17-20)23-25(31)30(21-9-2-3-10-22(21)34-23)14-5-1-4-13-29-15-11-18(12-16-29)26(32)33/h2-3,6-10,17-18,23H,1,4-5,11-16H2,(H3,27,28)(H,32,33). The number of nitrogens with two attached hydrogens (primary N) is 1. The maximum atomic E-state index is 13.4. The number of carboxylic acids is 1. The average molecular weight is 465 g/mol. The Hall–Kier alpha value is -3.39. The van der Waals surface area contributed by atoms with E-state index in [1.54, 1.807) is 18.2 Å². The Morgan fingerprint density at radius 3 is 2.53 bits per heavy atom. The second kappa shape index (κ2) is 10.7. The summed E-state index contributed by atoms with van der Waals surface area (Å²) in [5.41, 5.74) is 7.66. The predicted molar refractivity (Wildman–Crippen MR) is 130 cm³/mol. The van der Waals surface area contributed by atoms with Crippen molar-refractivity contribution in [1.82, 2.24) is 4.90 Å². The number of piperidine rings is 1. The van der Waals surface area contributed by atoms with Gasteiger partial charge < -0.3 is 25.4 Å². The van der Waals surface area contributed by atoms with Crippen LogP contribution in [-0.2, 0) is 9.59 Å². The van der Waals surface area contributed by atoms with E-state index in [2.05, 4.69) is 4.90 Å². The molecular formula is C26H32N4O4. The lowest BCUT2D eigenvalue weighted by atomic mass is 9.97. The van der Waals surface area contributed by atoms with E-state index < -0.39 is 12.1 Å². The van der Waals surface area contributed by atoms with Crippen molar-refractivity contribution < 1.29 is 19.4 Å². The monoisotopic (exact) mass is 464 g/mol. The highest BCUT2D eigenvalue weighted by molar-refractivity contribution is 6.01. The maximum Gasteiger partial charge on any atom is 0.306 e. The molecule has 0 aliphatic carbocycles. The smallest absolute Gasteiger partial charge is 0.306 e. The SMILES string of the molecule is N=C(N)c1cccc(C2Oc3ccccc3N(CCCCCN3CCC(C(=O)O)CC3)C2=O)c1. The van der Waals surface area contributed by atoms with Gasteiger partial charge in [-0.3, -0.25) is 15.0 Å². The second-order valence-corrected chi connectivity index (χ2v) is 9.01. The quantitative estimate of drug-likeness (QED) is 0.297. The van der Waals surface area contributed by atoms with Crippen molar-refractivity contribution in [3.8, 4) is 5.75 Å². The summed E-state index contributed by atoms with van der Waals surface area (Å²) in [7, 11) is 0. The Morgan fingerprint density at radius 1 is 1.06 bits per heavy atom. The van der Waals surface area contributed by atoms with Gasteiger partial charge in [0.25, 0.3) is 5.91 Å². The van der Waals surface area contributed by atoms with Gasteiger partial charge in [-0.1, -0.05) is 36.8 Å². The molecule has 0 bridgehead atoms. The van der Waals surface area contributed by atoms with Gasteiger partial charge in [-0.05, 0) is 63.5 Å². The number of nitrogens with zero attached hydrogens (tertiary/aromatic N) is 2. The minimum Gasteiger partial charge on any atom is -0.481 e. The molecule has 1 saturated heterocycles. The van der Waals surface area contributed by atoms with Crippen molar-refractivity contribution in [2.45, 2.75) is 38.2 Å². The third kappa shape index (κ3) is 5.39. The minimum absolute atomic E-state index is 0.0467. The van der Waals surface area contributed by atoms with E-state index >= 15 is 0 Å². The van der Waals surface area contributed by atoms with Gasteiger partial charge in [0.05, 0.1) is 11.6 Å². The molecule has 2 aliphatic heterocycles. The van der Waals surface area contributed by atoms with Crippen LogP contribution in [0.25, 0.3) is 0 Å². The lowest BCUT2D eigenvalue weighted by Crippen LogP contribution is -2.41. The molecule has 2 aliphatic rings. The summed E-state index contributed by atoms with van der Waals surface area (Å²) in [5, 5.41) is 16.8. The summed E-state index contributed by atoms with van der Waals surface area (Å²) in [4.78, 5) is 28.7. The molecule has 1 fully saturated rings. The Balaban J connectivity index is 1.35. The van der Waals surface area contributed by atoms with Gasteiger partial charge in [-0.2, -0.15) is 0 Å². The molecular weight excluding hydrogens is 432 g/mol. The zero-order valence-electron chi connectivity index (χ0n) is 19.3. The number of benzene rings is 2. The predicted octanol–water partition coefficient (Wildman–Crippen LogP) is 3.40. The molecule has 2 aromatic rings. The number of hydrogen-bond acceptors (Lipinski definition) is 5. The molecule has 0 saturated carbocycles. The van der Waals surface area contributed by atoms with Crippen LogP contribution in [0.15, 0.2) is 48.5 Å². The number of amidine groups is 1. The number of para-hydroxylation sites is 2. The number of anilines is 1. The number of ether oxygens (including phenoxy) is 1. The number of amides is 1. The number of rotatable bonds is 9. The molecule has 180 valence electrons. The van der Waals surface area contributed by atoms with Crippen molar-refractivity contribution in [2.24, 2.45) is 11.7 Å². The van der Waals surface area contributed by atoms with Crippen molar-refractivity contribution in [1.29, 1.82) is 5.41 Å². The van der Waals surface area contributed by atoms with Crippen molar-refractivity contribution in [3.63, 3.8) is 0 Å². The van der Waals surface area contributed by atoms with Gasteiger partial charge >= 0.3 is 5.97 Å². The maximum absolute atomic E-state index is 13.4. The molecule has 0 radical (unpaired) electrons. The summed E-state index contributed by atoms with van der Waals surface area (Å²) < 4.78 is 6.08. The minimum atomic E-state index is -0.773. The first-order valence-corrected chi connectivity index (χ1v) is 11.9. The van der Waals surface area contributed by atoms with Gasteiger partial charge in [-0.25, -0.2) is 0 Å². The van der Waals surface area contributed by atoms with Crippen LogP contribution in [0.3, 0.4) is 0 Å². The molecule has 2 heterocycles. The van der Waals surface area contributed by atoms with E-state index in [0.29, 0.717) is 23.4 Å². The van der Waals surface area contributed by atoms with Crippen molar-refractivity contribution in [2.75, 3.05) is 31.1 Å². The van der Waals surface area contributed by atoms with E-state index in [-0.39, 0.29) is 17.7 Å². The number of hydrogen-bond donors (Lipinski definition) is 3. The van der Waals surface area contributed by atoms with E-state index in [1.165, 1.54) is 0 Å². The molecule has 4 rings (SSSR count). The molecule has 8 nitrogen and oxygen atoms in total. The lowest BCUT2D eigenvalue weighted by Gasteiger charge is -2.35. The van der Waals surface area contributed by atoms with Crippen LogP contribution < -0.4 is 15.4 Å². The molecule has 1 amide bonds. The normalized spacial score (nSPS) is 18.9. The lowest BCUT2D eigenvalue weighted by molar-refractivity contribution is -0.143. The third-order valence-electron chi connectivity index (χ3n) is 6.68. The zero-order valence-corrected chi connectivity index (χ0v) is 19.3. The second-order valence-electron chi connectivity index (χ2n) is 9.01. The Kier molecular flexibility index (Phi) is 7.47. The van der Waals surface area contributed by atoms with Crippen LogP contribution in [0.5, 0.6) is 5.75 Å². The first kappa shape index (κ1) is 23.8.